The molecule has 0 aromatic carbocycles. The number of carbonyl (C=O) groups excluding carboxylic acids is 2. The Morgan fingerprint density at radius 2 is 0.828 bits per heavy atom. The summed E-state index contributed by atoms with van der Waals surface area (Å²) in [5, 5.41) is 57.3. The van der Waals surface area contributed by atoms with Crippen molar-refractivity contribution in [3.8, 4) is 0 Å². The molecule has 0 radical (unpaired) electrons. The largest absolute Gasteiger partial charge is 0.454 e. The van der Waals surface area contributed by atoms with Crippen molar-refractivity contribution >= 4 is 11.9 Å². The molecule has 1 aliphatic heterocycles. The van der Waals surface area contributed by atoms with Crippen LogP contribution >= 0.6 is 0 Å². The lowest BCUT2D eigenvalue weighted by Crippen LogP contribution is -2.61. The first kappa shape index (κ1) is 82.1. The van der Waals surface area contributed by atoms with Crippen LogP contribution in [0.15, 0.2) is 72.9 Å². The molecule has 1 saturated heterocycles. The van der Waals surface area contributed by atoms with Crippen molar-refractivity contribution in [1.29, 1.82) is 0 Å². The third-order valence-corrected chi connectivity index (χ3v) is 17.1. The van der Waals surface area contributed by atoms with E-state index < -0.39 is 67.4 Å². The number of carbonyl (C=O) groups is 2. The zero-order valence-electron chi connectivity index (χ0n) is 56.4. The van der Waals surface area contributed by atoms with Crippen LogP contribution in [-0.2, 0) is 23.8 Å². The number of nitrogens with one attached hydrogen (secondary N) is 1. The van der Waals surface area contributed by atoms with Gasteiger partial charge in [-0.1, -0.05) is 331 Å². The molecule has 0 aliphatic carbocycles. The monoisotopic (exact) mass is 1220 g/mol. The van der Waals surface area contributed by atoms with E-state index in [0.717, 1.165) is 116 Å². The van der Waals surface area contributed by atoms with Gasteiger partial charge in [-0.25, -0.2) is 0 Å². The number of rotatable bonds is 63. The number of aliphatic hydroxyl groups is 5. The molecule has 11 heteroatoms. The first-order chi connectivity index (χ1) is 42.7. The van der Waals surface area contributed by atoms with Gasteiger partial charge in [0.2, 0.25) is 5.91 Å². The molecule has 0 aromatic rings. The van der Waals surface area contributed by atoms with Gasteiger partial charge in [-0.15, -0.1) is 0 Å². The van der Waals surface area contributed by atoms with Crippen molar-refractivity contribution < 1.29 is 49.3 Å². The average molecular weight is 1220 g/mol. The van der Waals surface area contributed by atoms with E-state index in [9.17, 15) is 35.1 Å². The summed E-state index contributed by atoms with van der Waals surface area (Å²) in [5.74, 6) is -1.20. The minimum absolute atomic E-state index is 0.109. The molecule has 506 valence electrons. The molecule has 1 aliphatic rings. The van der Waals surface area contributed by atoms with Gasteiger partial charge in [0.1, 0.15) is 24.4 Å². The number of esters is 1. The van der Waals surface area contributed by atoms with E-state index in [-0.39, 0.29) is 13.0 Å². The molecule has 0 aromatic heterocycles. The van der Waals surface area contributed by atoms with Crippen LogP contribution in [-0.4, -0.2) is 99.6 Å². The van der Waals surface area contributed by atoms with Gasteiger partial charge in [-0.05, 0) is 70.6 Å². The SMILES string of the molecule is CC/C=C\C/C=C\C/C=C\C/C=C\C/C=C\CCCCCCCCCC(=O)OC1C(OCC(NC(=O)C(O)CCCCCCCCCCCCCCCCCCCCCCCC)C(O)/C=C/CCCCCCCCCCCCC)OC(CO)C(O)C1O. The van der Waals surface area contributed by atoms with E-state index in [0.29, 0.717) is 19.3 Å². The van der Waals surface area contributed by atoms with Crippen LogP contribution in [0.3, 0.4) is 0 Å². The van der Waals surface area contributed by atoms with E-state index in [4.69, 9.17) is 14.2 Å². The van der Waals surface area contributed by atoms with Gasteiger partial charge in [0.25, 0.3) is 0 Å². The molecule has 11 nitrogen and oxygen atoms in total. The summed E-state index contributed by atoms with van der Waals surface area (Å²) in [6.07, 6.45) is 72.2. The minimum atomic E-state index is -1.62. The number of allylic oxidation sites excluding steroid dienone is 11. The molecule has 1 fully saturated rings. The highest BCUT2D eigenvalue weighted by Crippen LogP contribution is 2.26. The summed E-state index contributed by atoms with van der Waals surface area (Å²) in [4.78, 5) is 26.7. The van der Waals surface area contributed by atoms with E-state index in [1.165, 1.54) is 173 Å². The van der Waals surface area contributed by atoms with E-state index in [2.05, 4.69) is 86.8 Å². The van der Waals surface area contributed by atoms with Gasteiger partial charge in [-0.2, -0.15) is 0 Å². The smallest absolute Gasteiger partial charge is 0.306 e. The second-order valence-corrected chi connectivity index (χ2v) is 25.3. The molecular weight excluding hydrogens is 1090 g/mol. The predicted octanol–water partition coefficient (Wildman–Crippen LogP) is 19.1. The summed E-state index contributed by atoms with van der Waals surface area (Å²) in [7, 11) is 0. The predicted molar refractivity (Wildman–Crippen MR) is 366 cm³/mol. The van der Waals surface area contributed by atoms with Crippen molar-refractivity contribution in [2.45, 2.75) is 384 Å². The highest BCUT2D eigenvalue weighted by molar-refractivity contribution is 5.80. The van der Waals surface area contributed by atoms with Crippen molar-refractivity contribution in [3.05, 3.63) is 72.9 Å². The topological polar surface area (TPSA) is 175 Å². The average Bonchev–Trinajstić information content (AvgIpc) is 2.32. The van der Waals surface area contributed by atoms with Crippen molar-refractivity contribution in [3.63, 3.8) is 0 Å². The molecule has 1 heterocycles. The molecule has 1 amide bonds. The Hall–Kier alpha value is -2.90. The lowest BCUT2D eigenvalue weighted by molar-refractivity contribution is -0.305. The molecule has 1 rings (SSSR count). The molecule has 0 saturated carbocycles. The fourth-order valence-electron chi connectivity index (χ4n) is 11.4. The van der Waals surface area contributed by atoms with Crippen LogP contribution in [0.2, 0.25) is 0 Å². The third kappa shape index (κ3) is 50.4. The fraction of sp³-hybridized carbons (Fsp3) is 0.816. The second kappa shape index (κ2) is 63.3. The molecule has 6 N–H and O–H groups in total. The Bertz CT molecular complexity index is 1690. The van der Waals surface area contributed by atoms with Crippen LogP contribution in [0, 0.1) is 0 Å². The Balaban J connectivity index is 2.58. The Morgan fingerprint density at radius 1 is 0.460 bits per heavy atom. The number of aliphatic hydroxyl groups excluding tert-OH is 5. The number of hydrogen-bond acceptors (Lipinski definition) is 10. The highest BCUT2D eigenvalue weighted by atomic mass is 16.7. The molecule has 87 heavy (non-hydrogen) atoms. The minimum Gasteiger partial charge on any atom is -0.454 e. The zero-order chi connectivity index (χ0) is 63.1. The quantitative estimate of drug-likeness (QED) is 0.0195. The van der Waals surface area contributed by atoms with E-state index in [1.54, 1.807) is 6.08 Å². The van der Waals surface area contributed by atoms with Crippen LogP contribution in [0.4, 0.5) is 0 Å². The Labute approximate surface area is 534 Å². The maximum absolute atomic E-state index is 13.5. The molecule has 8 unspecified atom stereocenters. The highest BCUT2D eigenvalue weighted by Gasteiger charge is 2.47. The van der Waals surface area contributed by atoms with Gasteiger partial charge in [-0.3, -0.25) is 9.59 Å². The number of unbranched alkanes of at least 4 members (excludes halogenated alkanes) is 39. The third-order valence-electron chi connectivity index (χ3n) is 17.1. The lowest BCUT2D eigenvalue weighted by Gasteiger charge is -2.41. The van der Waals surface area contributed by atoms with Gasteiger partial charge < -0.3 is 45.1 Å². The van der Waals surface area contributed by atoms with E-state index >= 15 is 0 Å². The van der Waals surface area contributed by atoms with Crippen LogP contribution in [0.5, 0.6) is 0 Å². The molecule has 8 atom stereocenters. The normalized spacial score (nSPS) is 18.6. The first-order valence-corrected chi connectivity index (χ1v) is 36.7. The fourth-order valence-corrected chi connectivity index (χ4v) is 11.4. The lowest BCUT2D eigenvalue weighted by atomic mass is 9.99. The van der Waals surface area contributed by atoms with Gasteiger partial charge >= 0.3 is 5.97 Å². The van der Waals surface area contributed by atoms with Crippen molar-refractivity contribution in [1.82, 2.24) is 5.32 Å². The zero-order valence-corrected chi connectivity index (χ0v) is 56.4. The molecule has 0 spiro atoms. The second-order valence-electron chi connectivity index (χ2n) is 25.3. The van der Waals surface area contributed by atoms with Crippen molar-refractivity contribution in [2.75, 3.05) is 13.2 Å². The maximum Gasteiger partial charge on any atom is 0.306 e. The Morgan fingerprint density at radius 3 is 1.24 bits per heavy atom. The van der Waals surface area contributed by atoms with Gasteiger partial charge in [0.05, 0.1) is 25.4 Å². The summed E-state index contributed by atoms with van der Waals surface area (Å²) in [6, 6.07) is -1.03. The van der Waals surface area contributed by atoms with Crippen LogP contribution in [0.25, 0.3) is 0 Å². The van der Waals surface area contributed by atoms with Gasteiger partial charge in [0.15, 0.2) is 12.4 Å². The van der Waals surface area contributed by atoms with Crippen LogP contribution in [0.1, 0.15) is 335 Å². The van der Waals surface area contributed by atoms with Gasteiger partial charge in [0, 0.05) is 6.42 Å². The summed E-state index contributed by atoms with van der Waals surface area (Å²) in [6.45, 7) is 5.72. The summed E-state index contributed by atoms with van der Waals surface area (Å²) in [5.41, 5.74) is 0. The Kier molecular flexibility index (Phi) is 59.7. The number of hydrogen-bond donors (Lipinski definition) is 6. The summed E-state index contributed by atoms with van der Waals surface area (Å²) >= 11 is 0. The van der Waals surface area contributed by atoms with Crippen LogP contribution < -0.4 is 5.32 Å². The van der Waals surface area contributed by atoms with Crippen molar-refractivity contribution in [2.24, 2.45) is 0 Å². The molecular formula is C76H137NO10. The summed E-state index contributed by atoms with van der Waals surface area (Å²) < 4.78 is 17.7. The van der Waals surface area contributed by atoms with E-state index in [1.807, 2.05) is 6.08 Å². The molecule has 0 bridgehead atoms. The maximum atomic E-state index is 13.5. The number of amides is 1. The number of ether oxygens (including phenoxy) is 3. The standard InChI is InChI=1S/C76H137NO10/c1-4-7-10-13-16-19-22-25-27-29-31-33-35-37-39-41-43-46-49-52-55-58-61-64-71(81)87-74-73(83)72(82)70(65-78)86-76(74)85-66-67(68(79)62-59-56-53-50-47-44-24-21-18-15-12-9-6-3)77-75(84)69(80)63-60-57-54-51-48-45-42-40-38-36-34-32-30-28-26-23-20-17-14-11-8-5-2/h7,10,16,19,25,27,31,33,37,39,59,62,67-70,72-74,76,78-80,82-83H,4-6,8-9,11-15,17-18,20-24,26,28-30,32,34-36,38,40-58,60-61,63-66H2,1-3H3,(H,77,84)/b10-7-,19-16-,27-25-,33-31-,39-37-,62-59+. The first-order valence-electron chi connectivity index (χ1n) is 36.7.